The van der Waals surface area contributed by atoms with Crippen molar-refractivity contribution in [2.75, 3.05) is 5.75 Å². The maximum atomic E-state index is 3.94. The highest BCUT2D eigenvalue weighted by atomic mass is 33.1. The third-order valence-electron chi connectivity index (χ3n) is 0.543. The van der Waals surface area contributed by atoms with Gasteiger partial charge in [-0.05, 0) is 6.08 Å². The molecule has 0 bridgehead atoms. The van der Waals surface area contributed by atoms with Crippen LogP contribution in [0.1, 0.15) is 0 Å². The molecule has 0 unspecified atom stereocenters. The summed E-state index contributed by atoms with van der Waals surface area (Å²) in [7, 11) is 3.29. The van der Waals surface area contributed by atoms with Crippen molar-refractivity contribution < 1.29 is 0 Å². The summed E-state index contributed by atoms with van der Waals surface area (Å²) in [6.07, 6.45) is 5.87. The fourth-order valence-electron chi connectivity index (χ4n) is 0.277. The molecule has 0 aromatic rings. The highest BCUT2D eigenvalue weighted by Gasteiger charge is 1.83. The lowest BCUT2D eigenvalue weighted by Gasteiger charge is -1.80. The van der Waals surface area contributed by atoms with Crippen LogP contribution in [0.2, 0.25) is 0 Å². The van der Waals surface area contributed by atoms with Gasteiger partial charge < -0.3 is 0 Å². The van der Waals surface area contributed by atoms with Crippen LogP contribution >= 0.6 is 21.8 Å². The molecule has 3 heteroatoms. The van der Waals surface area contributed by atoms with Crippen molar-refractivity contribution in [3.05, 3.63) is 12.2 Å². The van der Waals surface area contributed by atoms with Gasteiger partial charge in [0.1, 0.15) is 0 Å². The zero-order valence-electron chi connectivity index (χ0n) is 3.70. The first-order valence-electron chi connectivity index (χ1n) is 1.97. The molecule has 1 heterocycles. The topological polar surface area (TPSA) is 12.4 Å². The normalized spacial score (nSPS) is 19.4. The number of hydrogen-bond acceptors (Lipinski definition) is 3. The van der Waals surface area contributed by atoms with Gasteiger partial charge in [-0.1, -0.05) is 16.9 Å². The molecule has 1 rings (SSSR count). The SMILES string of the molecule is C1=CCSSN=C1. The first-order valence-corrected chi connectivity index (χ1v) is 4.25. The summed E-state index contributed by atoms with van der Waals surface area (Å²) in [6, 6.07) is 0. The summed E-state index contributed by atoms with van der Waals surface area (Å²) in [4.78, 5) is 0. The third kappa shape index (κ3) is 2.04. The second-order valence-corrected chi connectivity index (χ2v) is 3.12. The molecule has 1 aliphatic rings. The number of nitrogens with zero attached hydrogens (tertiary/aromatic N) is 1. The van der Waals surface area contributed by atoms with Crippen LogP contribution in [0.15, 0.2) is 16.5 Å². The molecular weight excluding hydrogens is 126 g/mol. The van der Waals surface area contributed by atoms with Crippen molar-refractivity contribution in [3.63, 3.8) is 0 Å². The van der Waals surface area contributed by atoms with Crippen LogP contribution in [0.5, 0.6) is 0 Å². The first kappa shape index (κ1) is 5.25. The minimum atomic E-state index is 1.07. The second-order valence-electron chi connectivity index (χ2n) is 1.04. The molecule has 38 valence electrons. The van der Waals surface area contributed by atoms with Gasteiger partial charge in [0.2, 0.25) is 0 Å². The third-order valence-corrected chi connectivity index (χ3v) is 2.17. The van der Waals surface area contributed by atoms with E-state index in [0.29, 0.717) is 0 Å². The Balaban J connectivity index is 2.39. The molecule has 0 aliphatic carbocycles. The van der Waals surface area contributed by atoms with Gasteiger partial charge in [-0.2, -0.15) is 0 Å². The summed E-state index contributed by atoms with van der Waals surface area (Å²) in [5.74, 6) is 1.07. The van der Waals surface area contributed by atoms with Crippen LogP contribution in [0.4, 0.5) is 0 Å². The minimum absolute atomic E-state index is 1.07. The smallest absolute Gasteiger partial charge is 0.0437 e. The van der Waals surface area contributed by atoms with E-state index in [2.05, 4.69) is 10.5 Å². The minimum Gasteiger partial charge on any atom is -0.213 e. The van der Waals surface area contributed by atoms with Gasteiger partial charge in [0.05, 0.1) is 0 Å². The van der Waals surface area contributed by atoms with Crippen molar-refractivity contribution in [1.29, 1.82) is 0 Å². The predicted molar refractivity (Wildman–Crippen MR) is 37.7 cm³/mol. The predicted octanol–water partition coefficient (Wildman–Crippen LogP) is 1.92. The molecule has 0 saturated heterocycles. The molecule has 1 aliphatic heterocycles. The number of allylic oxidation sites excluding steroid dienone is 1. The lowest BCUT2D eigenvalue weighted by molar-refractivity contribution is 1.82. The van der Waals surface area contributed by atoms with Crippen molar-refractivity contribution >= 4 is 28.0 Å². The number of rotatable bonds is 0. The zero-order chi connectivity index (χ0) is 4.95. The van der Waals surface area contributed by atoms with Crippen molar-refractivity contribution in [2.24, 2.45) is 4.40 Å². The highest BCUT2D eigenvalue weighted by molar-refractivity contribution is 8.76. The molecule has 0 radical (unpaired) electrons. The van der Waals surface area contributed by atoms with Gasteiger partial charge in [0, 0.05) is 22.9 Å². The van der Waals surface area contributed by atoms with E-state index in [1.807, 2.05) is 12.3 Å². The molecule has 0 fully saturated rings. The average molecular weight is 131 g/mol. The molecule has 0 N–H and O–H groups in total. The van der Waals surface area contributed by atoms with Crippen LogP contribution in [-0.4, -0.2) is 12.0 Å². The van der Waals surface area contributed by atoms with E-state index in [-0.39, 0.29) is 0 Å². The Bertz CT molecular complexity index is 85.9. The fraction of sp³-hybridized carbons (Fsp3) is 0.250. The maximum Gasteiger partial charge on any atom is 0.0437 e. The quantitative estimate of drug-likeness (QED) is 0.368. The summed E-state index contributed by atoms with van der Waals surface area (Å²) in [5.41, 5.74) is 0. The maximum absolute atomic E-state index is 3.94. The number of hydrogen-bond donors (Lipinski definition) is 0. The summed E-state index contributed by atoms with van der Waals surface area (Å²) in [6.45, 7) is 0. The van der Waals surface area contributed by atoms with E-state index < -0.39 is 0 Å². The largest absolute Gasteiger partial charge is 0.213 e. The molecule has 0 spiro atoms. The lowest BCUT2D eigenvalue weighted by Crippen LogP contribution is -1.59. The van der Waals surface area contributed by atoms with Gasteiger partial charge in [-0.3, -0.25) is 0 Å². The van der Waals surface area contributed by atoms with Gasteiger partial charge in [0.15, 0.2) is 0 Å². The van der Waals surface area contributed by atoms with E-state index in [0.717, 1.165) is 5.75 Å². The van der Waals surface area contributed by atoms with Crippen LogP contribution in [-0.2, 0) is 0 Å². The van der Waals surface area contributed by atoms with E-state index in [9.17, 15) is 0 Å². The summed E-state index contributed by atoms with van der Waals surface area (Å²) in [5, 5.41) is 0. The van der Waals surface area contributed by atoms with Crippen molar-refractivity contribution in [1.82, 2.24) is 0 Å². The monoisotopic (exact) mass is 131 g/mol. The van der Waals surface area contributed by atoms with Crippen molar-refractivity contribution in [2.45, 2.75) is 0 Å². The summed E-state index contributed by atoms with van der Waals surface area (Å²) < 4.78 is 3.94. The van der Waals surface area contributed by atoms with Crippen molar-refractivity contribution in [3.8, 4) is 0 Å². The van der Waals surface area contributed by atoms with E-state index in [4.69, 9.17) is 0 Å². The molecule has 0 atom stereocenters. The zero-order valence-corrected chi connectivity index (χ0v) is 5.34. The molecular formula is C4H5NS2. The second kappa shape index (κ2) is 3.16. The summed E-state index contributed by atoms with van der Waals surface area (Å²) >= 11 is 0. The van der Waals surface area contributed by atoms with Crippen LogP contribution in [0, 0.1) is 0 Å². The Labute approximate surface area is 50.8 Å². The molecule has 7 heavy (non-hydrogen) atoms. The van der Waals surface area contributed by atoms with Crippen LogP contribution < -0.4 is 0 Å². The molecule has 0 saturated carbocycles. The molecule has 0 aromatic heterocycles. The van der Waals surface area contributed by atoms with E-state index in [1.54, 1.807) is 10.8 Å². The van der Waals surface area contributed by atoms with Gasteiger partial charge in [-0.15, -0.1) is 0 Å². The first-order chi connectivity index (χ1) is 3.50. The van der Waals surface area contributed by atoms with Gasteiger partial charge >= 0.3 is 0 Å². The Morgan fingerprint density at radius 1 is 1.57 bits per heavy atom. The molecule has 0 amide bonds. The fourth-order valence-corrected chi connectivity index (χ4v) is 1.46. The molecule has 1 nitrogen and oxygen atoms in total. The average Bonchev–Trinajstić information content (AvgIpc) is 1.90. The Morgan fingerprint density at radius 2 is 2.57 bits per heavy atom. The Kier molecular flexibility index (Phi) is 2.37. The van der Waals surface area contributed by atoms with E-state index in [1.165, 1.54) is 11.0 Å². The van der Waals surface area contributed by atoms with Crippen LogP contribution in [0.25, 0.3) is 0 Å². The Hall–Kier alpha value is 0.110. The lowest BCUT2D eigenvalue weighted by atomic mass is 10.6. The highest BCUT2D eigenvalue weighted by Crippen LogP contribution is 2.22. The Morgan fingerprint density at radius 3 is 3.57 bits per heavy atom. The van der Waals surface area contributed by atoms with Gasteiger partial charge in [0.25, 0.3) is 0 Å². The molecule has 0 aromatic carbocycles. The standard InChI is InChI=1S/C4H5NS2/c1-2-4-6-7-5-3-1/h1-3H,4H2. The van der Waals surface area contributed by atoms with E-state index >= 15 is 0 Å². The van der Waals surface area contributed by atoms with Gasteiger partial charge in [-0.25, -0.2) is 4.40 Å². The van der Waals surface area contributed by atoms with Crippen LogP contribution in [0.3, 0.4) is 0 Å².